The topological polar surface area (TPSA) is 70.2 Å². The van der Waals surface area contributed by atoms with Crippen molar-refractivity contribution in [3.05, 3.63) is 53.7 Å². The van der Waals surface area contributed by atoms with Gasteiger partial charge in [0.2, 0.25) is 5.95 Å². The summed E-state index contributed by atoms with van der Waals surface area (Å²) in [6.07, 6.45) is 9.09. The van der Waals surface area contributed by atoms with Gasteiger partial charge in [0.05, 0.1) is 10.2 Å². The number of carbonyl (C=O) groups is 1. The molecule has 2 aromatic heterocycles. The number of allylic oxidation sites excluding steroid dienone is 1. The van der Waals surface area contributed by atoms with Crippen molar-refractivity contribution in [2.45, 2.75) is 57.4 Å². The van der Waals surface area contributed by atoms with Gasteiger partial charge in [-0.1, -0.05) is 12.6 Å². The minimum absolute atomic E-state index is 0.134. The molecule has 3 heterocycles. The molecule has 5 rings (SSSR count). The van der Waals surface area contributed by atoms with Gasteiger partial charge in [-0.15, -0.1) is 11.3 Å². The number of benzene rings is 1. The fourth-order valence-electron chi connectivity index (χ4n) is 5.59. The molecule has 0 amide bonds. The second-order valence-corrected chi connectivity index (χ2v) is 11.6. The maximum absolute atomic E-state index is 15.0. The van der Waals surface area contributed by atoms with Crippen LogP contribution in [-0.4, -0.2) is 46.8 Å². The first kappa shape index (κ1) is 25.8. The van der Waals surface area contributed by atoms with Crippen LogP contribution in [0.4, 0.5) is 21.8 Å². The van der Waals surface area contributed by atoms with Gasteiger partial charge in [-0.25, -0.2) is 9.37 Å². The number of nitrogens with one attached hydrogen (secondary N) is 2. The molecule has 2 fully saturated rings. The van der Waals surface area contributed by atoms with Gasteiger partial charge < -0.3 is 15.5 Å². The first-order valence-corrected chi connectivity index (χ1v) is 14.3. The number of fused-ring (bicyclic) bond motifs is 1. The second kappa shape index (κ2) is 11.7. The highest BCUT2D eigenvalue weighted by Gasteiger charge is 2.24. The zero-order valence-corrected chi connectivity index (χ0v) is 22.3. The van der Waals surface area contributed by atoms with Crippen LogP contribution in [0.1, 0.15) is 50.5 Å². The first-order chi connectivity index (χ1) is 18.0. The molecule has 0 radical (unpaired) electrons. The molecule has 37 heavy (non-hydrogen) atoms. The number of piperidine rings is 1. The minimum atomic E-state index is -0.175. The molecule has 2 N–H and O–H groups in total. The molecule has 1 aliphatic carbocycles. The van der Waals surface area contributed by atoms with Crippen molar-refractivity contribution in [3.63, 3.8) is 0 Å². The summed E-state index contributed by atoms with van der Waals surface area (Å²) in [5.74, 6) is 2.21. The summed E-state index contributed by atoms with van der Waals surface area (Å²) in [6.45, 7) is 5.76. The molecule has 0 spiro atoms. The Morgan fingerprint density at radius 2 is 1.92 bits per heavy atom. The molecule has 1 saturated carbocycles. The molecular weight excluding hydrogens is 485 g/mol. The van der Waals surface area contributed by atoms with Crippen LogP contribution in [0.5, 0.6) is 0 Å². The molecule has 0 unspecified atom stereocenters. The molecule has 1 saturated heterocycles. The average molecular weight is 522 g/mol. The highest BCUT2D eigenvalue weighted by Crippen LogP contribution is 2.33. The van der Waals surface area contributed by atoms with E-state index in [0.717, 1.165) is 79.6 Å². The number of anilines is 3. The summed E-state index contributed by atoms with van der Waals surface area (Å²) < 4.78 is 16.0. The van der Waals surface area contributed by atoms with Crippen LogP contribution in [0, 0.1) is 17.7 Å². The number of hydrogen-bond acceptors (Lipinski definition) is 7. The maximum Gasteiger partial charge on any atom is 0.229 e. The standard InChI is InChI=1S/C29H36FN5OS/c1-3-24(36)17-19-4-7-22(8-5-19)31-28-27-26(12-15-37-27)33-29(34-28)32-23-9-6-21(25(30)18-23)16-20-10-13-35(2)14-11-20/h3,6,9,12,15,18-20,22H,1,4-5,7-8,10-11,13-14,16-17H2,2H3,(H2,31,32,33,34). The van der Waals surface area contributed by atoms with Crippen molar-refractivity contribution >= 4 is 44.8 Å². The van der Waals surface area contributed by atoms with Crippen LogP contribution >= 0.6 is 11.3 Å². The number of likely N-dealkylation sites (tertiary alicyclic amines) is 1. The lowest BCUT2D eigenvalue weighted by Gasteiger charge is -2.29. The molecular formula is C29H36FN5OS. The third-order valence-electron chi connectivity index (χ3n) is 7.86. The van der Waals surface area contributed by atoms with Crippen molar-refractivity contribution in [2.75, 3.05) is 30.8 Å². The predicted molar refractivity (Wildman–Crippen MR) is 150 cm³/mol. The summed E-state index contributed by atoms with van der Waals surface area (Å²) in [6, 6.07) is 7.67. The quantitative estimate of drug-likeness (QED) is 0.310. The van der Waals surface area contributed by atoms with Gasteiger partial charge in [0.25, 0.3) is 0 Å². The van der Waals surface area contributed by atoms with E-state index < -0.39 is 0 Å². The van der Waals surface area contributed by atoms with E-state index >= 15 is 0 Å². The van der Waals surface area contributed by atoms with Crippen molar-refractivity contribution in [2.24, 2.45) is 11.8 Å². The van der Waals surface area contributed by atoms with Gasteiger partial charge in [0.15, 0.2) is 5.78 Å². The van der Waals surface area contributed by atoms with Gasteiger partial charge in [-0.2, -0.15) is 4.98 Å². The third kappa shape index (κ3) is 6.54. The first-order valence-electron chi connectivity index (χ1n) is 13.4. The number of rotatable bonds is 9. The molecule has 3 aromatic rings. The summed E-state index contributed by atoms with van der Waals surface area (Å²) >= 11 is 1.62. The molecule has 2 aliphatic rings. The number of aromatic nitrogens is 2. The Balaban J connectivity index is 1.25. The Hall–Kier alpha value is -2.84. The average Bonchev–Trinajstić information content (AvgIpc) is 3.37. The van der Waals surface area contributed by atoms with E-state index in [1.54, 1.807) is 17.4 Å². The van der Waals surface area contributed by atoms with E-state index in [1.807, 2.05) is 23.6 Å². The van der Waals surface area contributed by atoms with Crippen LogP contribution in [0.3, 0.4) is 0 Å². The maximum atomic E-state index is 15.0. The molecule has 1 aromatic carbocycles. The largest absolute Gasteiger partial charge is 0.366 e. The number of carbonyl (C=O) groups excluding carboxylic acids is 1. The summed E-state index contributed by atoms with van der Waals surface area (Å²) in [5, 5.41) is 8.87. The van der Waals surface area contributed by atoms with Crippen LogP contribution < -0.4 is 10.6 Å². The minimum Gasteiger partial charge on any atom is -0.366 e. The van der Waals surface area contributed by atoms with E-state index in [-0.39, 0.29) is 11.6 Å². The van der Waals surface area contributed by atoms with Crippen molar-refractivity contribution in [1.82, 2.24) is 14.9 Å². The fourth-order valence-corrected chi connectivity index (χ4v) is 6.37. The van der Waals surface area contributed by atoms with Crippen LogP contribution in [0.2, 0.25) is 0 Å². The fraction of sp³-hybridized carbons (Fsp3) is 0.483. The summed E-state index contributed by atoms with van der Waals surface area (Å²) in [4.78, 5) is 23.5. The number of ketones is 1. The lowest BCUT2D eigenvalue weighted by molar-refractivity contribution is -0.115. The van der Waals surface area contributed by atoms with Crippen LogP contribution in [0.15, 0.2) is 42.3 Å². The normalized spacial score (nSPS) is 21.1. The van der Waals surface area contributed by atoms with E-state index in [4.69, 9.17) is 4.98 Å². The Kier molecular flexibility index (Phi) is 8.15. The van der Waals surface area contributed by atoms with Gasteiger partial charge in [-0.3, -0.25) is 4.79 Å². The van der Waals surface area contributed by atoms with Crippen molar-refractivity contribution in [1.29, 1.82) is 0 Å². The zero-order valence-electron chi connectivity index (χ0n) is 21.5. The number of nitrogens with zero attached hydrogens (tertiary/aromatic N) is 3. The van der Waals surface area contributed by atoms with Gasteiger partial charge >= 0.3 is 0 Å². The highest BCUT2D eigenvalue weighted by molar-refractivity contribution is 7.17. The van der Waals surface area contributed by atoms with Crippen molar-refractivity contribution < 1.29 is 9.18 Å². The number of thiophene rings is 1. The van der Waals surface area contributed by atoms with Gasteiger partial charge in [-0.05, 0) is 112 Å². The van der Waals surface area contributed by atoms with Crippen LogP contribution in [-0.2, 0) is 11.2 Å². The lowest BCUT2D eigenvalue weighted by Crippen LogP contribution is -2.31. The molecule has 196 valence electrons. The Labute approximate surface area is 222 Å². The smallest absolute Gasteiger partial charge is 0.229 e. The Morgan fingerprint density at radius 1 is 1.14 bits per heavy atom. The SMILES string of the molecule is C=CC(=O)CC1CCC(Nc2nc(Nc3ccc(CC4CCN(C)CC4)c(F)c3)nc3ccsc23)CC1. The number of halogens is 1. The molecule has 6 nitrogen and oxygen atoms in total. The lowest BCUT2D eigenvalue weighted by atomic mass is 9.83. The van der Waals surface area contributed by atoms with Crippen LogP contribution in [0.25, 0.3) is 10.2 Å². The number of hydrogen-bond donors (Lipinski definition) is 2. The Morgan fingerprint density at radius 3 is 2.65 bits per heavy atom. The zero-order chi connectivity index (χ0) is 25.8. The van der Waals surface area contributed by atoms with Gasteiger partial charge in [0, 0.05) is 18.2 Å². The molecule has 0 atom stereocenters. The molecule has 0 bridgehead atoms. The monoisotopic (exact) mass is 521 g/mol. The Bertz CT molecular complexity index is 1240. The molecule has 8 heteroatoms. The van der Waals surface area contributed by atoms with E-state index in [0.29, 0.717) is 35.9 Å². The van der Waals surface area contributed by atoms with Crippen molar-refractivity contribution in [3.8, 4) is 0 Å². The van der Waals surface area contributed by atoms with Gasteiger partial charge in [0.1, 0.15) is 11.6 Å². The van der Waals surface area contributed by atoms with E-state index in [1.165, 1.54) is 6.08 Å². The summed E-state index contributed by atoms with van der Waals surface area (Å²) in [7, 11) is 2.15. The predicted octanol–water partition coefficient (Wildman–Crippen LogP) is 6.57. The van der Waals surface area contributed by atoms with E-state index in [2.05, 4.69) is 34.1 Å². The van der Waals surface area contributed by atoms with E-state index in [9.17, 15) is 9.18 Å². The summed E-state index contributed by atoms with van der Waals surface area (Å²) in [5.41, 5.74) is 2.30. The second-order valence-electron chi connectivity index (χ2n) is 10.6. The highest BCUT2D eigenvalue weighted by atomic mass is 32.1. The third-order valence-corrected chi connectivity index (χ3v) is 8.77. The molecule has 1 aliphatic heterocycles.